The molecule has 38 heavy (non-hydrogen) atoms. The van der Waals surface area contributed by atoms with Gasteiger partial charge in [0.1, 0.15) is 17.5 Å². The first-order chi connectivity index (χ1) is 18.4. The van der Waals surface area contributed by atoms with Crippen molar-refractivity contribution >= 4 is 52.1 Å². The lowest BCUT2D eigenvalue weighted by molar-refractivity contribution is -0.124. The molecule has 1 saturated heterocycles. The van der Waals surface area contributed by atoms with Crippen molar-refractivity contribution in [3.05, 3.63) is 83.4 Å². The zero-order valence-corrected chi connectivity index (χ0v) is 22.9. The molecule has 1 aliphatic heterocycles. The predicted octanol–water partition coefficient (Wildman–Crippen LogP) is 5.71. The number of nitrogens with one attached hydrogen (secondary N) is 1. The third-order valence-corrected chi connectivity index (χ3v) is 6.86. The molecule has 1 atom stereocenters. The molecule has 1 aliphatic rings. The molecule has 0 unspecified atom stereocenters. The molecule has 3 aromatic rings. The third kappa shape index (κ3) is 6.62. The van der Waals surface area contributed by atoms with Crippen molar-refractivity contribution in [1.29, 1.82) is 0 Å². The summed E-state index contributed by atoms with van der Waals surface area (Å²) in [5.41, 5.74) is 2.32. The van der Waals surface area contributed by atoms with Crippen LogP contribution in [0.2, 0.25) is 5.02 Å². The normalized spacial score (nSPS) is 15.1. The Morgan fingerprint density at radius 3 is 2.29 bits per heavy atom. The Morgan fingerprint density at radius 1 is 1.00 bits per heavy atom. The minimum atomic E-state index is -0.732. The van der Waals surface area contributed by atoms with E-state index < -0.39 is 6.04 Å². The summed E-state index contributed by atoms with van der Waals surface area (Å²) in [6.07, 6.45) is 1.51. The minimum Gasteiger partial charge on any atom is -0.497 e. The molecule has 1 heterocycles. The number of hydrogen-bond acceptors (Lipinski definition) is 5. The molecule has 1 fully saturated rings. The maximum atomic E-state index is 13.6. The number of ether oxygens (including phenoxy) is 2. The van der Waals surface area contributed by atoms with Gasteiger partial charge in [-0.05, 0) is 91.3 Å². The van der Waals surface area contributed by atoms with Gasteiger partial charge in [0.25, 0.3) is 5.91 Å². The molecule has 1 N–H and O–H groups in total. The molecule has 9 heteroatoms. The molecule has 0 spiro atoms. The van der Waals surface area contributed by atoms with Crippen LogP contribution in [0.5, 0.6) is 11.5 Å². The molecule has 0 saturated carbocycles. The lowest BCUT2D eigenvalue weighted by Gasteiger charge is -2.24. The Balaban J connectivity index is 1.50. The number of rotatable bonds is 11. The standard InChI is InChI=1S/C29H30ClN3O4S/c1-3-18-37-25-12-8-22(9-13-25)31-27(34)19-26-28(35)33(23-10-14-24(36-2)15-11-23)29(38)32(26)17-16-20-4-6-21(30)7-5-20/h4-15,26H,3,16-19H2,1-2H3,(H,31,34)/t26-/m0/s1. The smallest absolute Gasteiger partial charge is 0.256 e. The second kappa shape index (κ2) is 12.8. The quantitative estimate of drug-likeness (QED) is 0.308. The minimum absolute atomic E-state index is 0.0413. The van der Waals surface area contributed by atoms with Gasteiger partial charge in [0.2, 0.25) is 5.91 Å². The van der Waals surface area contributed by atoms with Gasteiger partial charge in [0.15, 0.2) is 5.11 Å². The average Bonchev–Trinajstić information content (AvgIpc) is 3.16. The lowest BCUT2D eigenvalue weighted by atomic mass is 10.1. The van der Waals surface area contributed by atoms with Crippen LogP contribution in [0.4, 0.5) is 11.4 Å². The summed E-state index contributed by atoms with van der Waals surface area (Å²) in [6.45, 7) is 3.14. The van der Waals surface area contributed by atoms with Crippen LogP contribution in [0.3, 0.4) is 0 Å². The maximum absolute atomic E-state index is 13.6. The van der Waals surface area contributed by atoms with Crippen LogP contribution in [-0.4, -0.2) is 48.1 Å². The summed E-state index contributed by atoms with van der Waals surface area (Å²) in [4.78, 5) is 30.0. The van der Waals surface area contributed by atoms with Crippen LogP contribution in [0.1, 0.15) is 25.3 Å². The fourth-order valence-electron chi connectivity index (χ4n) is 4.20. The summed E-state index contributed by atoms with van der Waals surface area (Å²) < 4.78 is 10.8. The van der Waals surface area contributed by atoms with E-state index in [1.807, 2.05) is 48.2 Å². The molecule has 3 aromatic carbocycles. The lowest BCUT2D eigenvalue weighted by Crippen LogP contribution is -2.39. The molecule has 0 aliphatic carbocycles. The van der Waals surface area contributed by atoms with Crippen LogP contribution < -0.4 is 19.7 Å². The Morgan fingerprint density at radius 2 is 1.66 bits per heavy atom. The number of methoxy groups -OCH3 is 1. The zero-order valence-electron chi connectivity index (χ0n) is 21.4. The summed E-state index contributed by atoms with van der Waals surface area (Å²) >= 11 is 11.8. The fourth-order valence-corrected chi connectivity index (χ4v) is 4.74. The zero-order chi connectivity index (χ0) is 27.1. The molecule has 2 amide bonds. The molecular weight excluding hydrogens is 522 g/mol. The van der Waals surface area contributed by atoms with Crippen molar-refractivity contribution in [3.8, 4) is 11.5 Å². The summed E-state index contributed by atoms with van der Waals surface area (Å²) in [5, 5.41) is 3.91. The van der Waals surface area contributed by atoms with Crippen molar-refractivity contribution < 1.29 is 19.1 Å². The fraction of sp³-hybridized carbons (Fsp3) is 0.276. The van der Waals surface area contributed by atoms with Gasteiger partial charge in [-0.3, -0.25) is 14.5 Å². The molecule has 0 radical (unpaired) electrons. The Kier molecular flexibility index (Phi) is 9.20. The second-order valence-corrected chi connectivity index (χ2v) is 9.67. The molecule has 0 bridgehead atoms. The molecule has 198 valence electrons. The van der Waals surface area contributed by atoms with E-state index in [0.717, 1.165) is 17.7 Å². The maximum Gasteiger partial charge on any atom is 0.256 e. The highest BCUT2D eigenvalue weighted by molar-refractivity contribution is 7.80. The van der Waals surface area contributed by atoms with Crippen LogP contribution >= 0.6 is 23.8 Å². The number of nitrogens with zero attached hydrogens (tertiary/aromatic N) is 2. The van der Waals surface area contributed by atoms with E-state index in [9.17, 15) is 9.59 Å². The molecular formula is C29H30ClN3O4S. The first-order valence-electron chi connectivity index (χ1n) is 12.5. The summed E-state index contributed by atoms with van der Waals surface area (Å²) in [7, 11) is 1.58. The Labute approximate surface area is 233 Å². The van der Waals surface area contributed by atoms with Crippen LogP contribution in [0.25, 0.3) is 0 Å². The second-order valence-electron chi connectivity index (χ2n) is 8.87. The summed E-state index contributed by atoms with van der Waals surface area (Å²) in [6, 6.07) is 21.1. The molecule has 7 nitrogen and oxygen atoms in total. The Bertz CT molecular complexity index is 1270. The van der Waals surface area contributed by atoms with Crippen LogP contribution in [-0.2, 0) is 16.0 Å². The molecule has 0 aromatic heterocycles. The first-order valence-corrected chi connectivity index (χ1v) is 13.2. The SMILES string of the molecule is CCCOc1ccc(NC(=O)C[C@H]2C(=O)N(c3ccc(OC)cc3)C(=S)N2CCc2ccc(Cl)cc2)cc1. The highest BCUT2D eigenvalue weighted by atomic mass is 35.5. The van der Waals surface area contributed by atoms with Gasteiger partial charge in [-0.25, -0.2) is 0 Å². The van der Waals surface area contributed by atoms with Crippen LogP contribution in [0.15, 0.2) is 72.8 Å². The van der Waals surface area contributed by atoms with Crippen molar-refractivity contribution in [2.24, 2.45) is 0 Å². The van der Waals surface area contributed by atoms with E-state index in [0.29, 0.717) is 46.8 Å². The highest BCUT2D eigenvalue weighted by Gasteiger charge is 2.43. The number of benzene rings is 3. The van der Waals surface area contributed by atoms with Gasteiger partial charge in [-0.15, -0.1) is 0 Å². The largest absolute Gasteiger partial charge is 0.497 e. The van der Waals surface area contributed by atoms with Gasteiger partial charge in [0, 0.05) is 17.3 Å². The predicted molar refractivity (Wildman–Crippen MR) is 154 cm³/mol. The summed E-state index contributed by atoms with van der Waals surface area (Å²) in [5.74, 6) is 0.897. The number of anilines is 2. The number of hydrogen-bond donors (Lipinski definition) is 1. The van der Waals surface area contributed by atoms with E-state index in [1.165, 1.54) is 4.90 Å². The Hall–Kier alpha value is -3.62. The van der Waals surface area contributed by atoms with E-state index >= 15 is 0 Å². The number of halogens is 1. The number of carbonyl (C=O) groups excluding carboxylic acids is 2. The van der Waals surface area contributed by atoms with E-state index in [1.54, 1.807) is 43.5 Å². The van der Waals surface area contributed by atoms with Gasteiger partial charge in [-0.1, -0.05) is 30.7 Å². The van der Waals surface area contributed by atoms with E-state index in [4.69, 9.17) is 33.3 Å². The monoisotopic (exact) mass is 551 g/mol. The van der Waals surface area contributed by atoms with Gasteiger partial charge < -0.3 is 19.7 Å². The third-order valence-electron chi connectivity index (χ3n) is 6.19. The number of amides is 2. The van der Waals surface area contributed by atoms with E-state index in [-0.39, 0.29) is 18.2 Å². The van der Waals surface area contributed by atoms with Gasteiger partial charge in [0.05, 0.1) is 25.8 Å². The van der Waals surface area contributed by atoms with Gasteiger partial charge in [-0.2, -0.15) is 0 Å². The topological polar surface area (TPSA) is 71.1 Å². The number of carbonyl (C=O) groups is 2. The van der Waals surface area contributed by atoms with Crippen molar-refractivity contribution in [1.82, 2.24) is 4.90 Å². The average molecular weight is 552 g/mol. The van der Waals surface area contributed by atoms with Crippen molar-refractivity contribution in [3.63, 3.8) is 0 Å². The number of thiocarbonyl (C=S) groups is 1. The first kappa shape index (κ1) is 27.4. The molecule has 4 rings (SSSR count). The van der Waals surface area contributed by atoms with Crippen LogP contribution in [0, 0.1) is 0 Å². The van der Waals surface area contributed by atoms with Crippen molar-refractivity contribution in [2.75, 3.05) is 30.5 Å². The highest BCUT2D eigenvalue weighted by Crippen LogP contribution is 2.29. The van der Waals surface area contributed by atoms with Crippen molar-refractivity contribution in [2.45, 2.75) is 32.2 Å². The van der Waals surface area contributed by atoms with Gasteiger partial charge >= 0.3 is 0 Å². The van der Waals surface area contributed by atoms with E-state index in [2.05, 4.69) is 5.32 Å².